The Labute approximate surface area is 188 Å². The second-order valence-electron chi connectivity index (χ2n) is 6.03. The first-order chi connectivity index (χ1) is 15.0. The molecule has 0 aromatic heterocycles. The molecular formula is C23H21BrFNO5. The number of hydrogen-bond acceptors (Lipinski definition) is 6. The lowest BCUT2D eigenvalue weighted by Crippen LogP contribution is -2.09. The number of benzene rings is 2. The van der Waals surface area contributed by atoms with Crippen LogP contribution in [0.4, 0.5) is 4.39 Å². The van der Waals surface area contributed by atoms with Crippen molar-refractivity contribution in [3.05, 3.63) is 75.7 Å². The van der Waals surface area contributed by atoms with Gasteiger partial charge in [-0.25, -0.2) is 9.18 Å². The molecular weight excluding hydrogens is 469 g/mol. The van der Waals surface area contributed by atoms with Gasteiger partial charge < -0.3 is 19.0 Å². The Morgan fingerprint density at radius 2 is 1.90 bits per heavy atom. The molecule has 0 amide bonds. The number of rotatable bonds is 8. The lowest BCUT2D eigenvalue weighted by Gasteiger charge is -2.12. The molecule has 0 aliphatic heterocycles. The van der Waals surface area contributed by atoms with E-state index in [0.717, 1.165) is 4.47 Å². The quantitative estimate of drug-likeness (QED) is 0.138. The van der Waals surface area contributed by atoms with Crippen molar-refractivity contribution >= 4 is 33.2 Å². The van der Waals surface area contributed by atoms with Crippen molar-refractivity contribution in [1.82, 2.24) is 0 Å². The predicted molar refractivity (Wildman–Crippen MR) is 119 cm³/mol. The summed E-state index contributed by atoms with van der Waals surface area (Å²) in [7, 11) is 4.25. The highest BCUT2D eigenvalue weighted by molar-refractivity contribution is 9.10. The molecule has 8 heteroatoms. The van der Waals surface area contributed by atoms with E-state index in [-0.39, 0.29) is 24.6 Å². The van der Waals surface area contributed by atoms with Gasteiger partial charge in [-0.1, -0.05) is 39.1 Å². The molecule has 0 radical (unpaired) electrons. The third-order valence-electron chi connectivity index (χ3n) is 3.91. The molecule has 0 heterocycles. The van der Waals surface area contributed by atoms with E-state index in [0.29, 0.717) is 22.4 Å². The van der Waals surface area contributed by atoms with Crippen LogP contribution < -0.4 is 0 Å². The van der Waals surface area contributed by atoms with Crippen LogP contribution >= 0.6 is 15.9 Å². The van der Waals surface area contributed by atoms with Crippen LogP contribution in [-0.4, -0.2) is 39.6 Å². The van der Waals surface area contributed by atoms with Crippen LogP contribution in [0.5, 0.6) is 0 Å². The Hall–Kier alpha value is -3.15. The molecule has 0 saturated heterocycles. The summed E-state index contributed by atoms with van der Waals surface area (Å²) in [5.41, 5.74) is 2.46. The normalized spacial score (nSPS) is 11.4. The average molecular weight is 490 g/mol. The third-order valence-corrected chi connectivity index (χ3v) is 4.65. The van der Waals surface area contributed by atoms with Gasteiger partial charge in [-0.15, -0.1) is 0 Å². The minimum absolute atomic E-state index is 0.0419. The van der Waals surface area contributed by atoms with Gasteiger partial charge in [-0.2, -0.15) is 0 Å². The summed E-state index contributed by atoms with van der Waals surface area (Å²) in [6.45, 7) is 0.175. The summed E-state index contributed by atoms with van der Waals surface area (Å²) in [5.74, 6) is 4.85. The van der Waals surface area contributed by atoms with Crippen LogP contribution in [0.3, 0.4) is 0 Å². The standard InChI is InChI=1S/C23H21BrFNO5/c1-28-13-18(12-9-16-7-10-17(25)11-8-16)26-31-15-20-19(5-4-6-22(20)24)21(14-29-2)23(27)30-3/h4-8,10-11,14H,13,15H2,1-3H3/b21-14+,26-18-. The Morgan fingerprint density at radius 3 is 2.55 bits per heavy atom. The molecule has 2 aromatic carbocycles. The molecule has 0 aliphatic rings. The maximum Gasteiger partial charge on any atom is 0.341 e. The molecule has 6 nitrogen and oxygen atoms in total. The number of carbonyl (C=O) groups is 1. The monoisotopic (exact) mass is 489 g/mol. The van der Waals surface area contributed by atoms with Gasteiger partial charge in [0.15, 0.2) is 5.71 Å². The third kappa shape index (κ3) is 7.24. The summed E-state index contributed by atoms with van der Waals surface area (Å²) in [5, 5.41) is 4.05. The first-order valence-electron chi connectivity index (χ1n) is 9.04. The zero-order valence-corrected chi connectivity index (χ0v) is 18.9. The minimum Gasteiger partial charge on any atom is -0.503 e. The second kappa shape index (κ2) is 12.5. The van der Waals surface area contributed by atoms with Gasteiger partial charge in [0.05, 0.1) is 27.1 Å². The lowest BCUT2D eigenvalue weighted by molar-refractivity contribution is -0.133. The van der Waals surface area contributed by atoms with Gasteiger partial charge in [0.25, 0.3) is 0 Å². The van der Waals surface area contributed by atoms with Crippen molar-refractivity contribution in [2.45, 2.75) is 6.61 Å². The van der Waals surface area contributed by atoms with Gasteiger partial charge in [0, 0.05) is 22.7 Å². The van der Waals surface area contributed by atoms with Crippen LogP contribution in [0.25, 0.3) is 5.57 Å². The van der Waals surface area contributed by atoms with Crippen LogP contribution in [-0.2, 0) is 30.4 Å². The fourth-order valence-electron chi connectivity index (χ4n) is 2.48. The van der Waals surface area contributed by atoms with E-state index in [2.05, 4.69) is 32.9 Å². The second-order valence-corrected chi connectivity index (χ2v) is 6.88. The lowest BCUT2D eigenvalue weighted by atomic mass is 10.0. The summed E-state index contributed by atoms with van der Waals surface area (Å²) in [6.07, 6.45) is 1.31. The Bertz CT molecular complexity index is 1020. The zero-order valence-electron chi connectivity index (χ0n) is 17.3. The van der Waals surface area contributed by atoms with Crippen LogP contribution in [0.1, 0.15) is 16.7 Å². The van der Waals surface area contributed by atoms with Crippen molar-refractivity contribution in [2.75, 3.05) is 27.9 Å². The van der Waals surface area contributed by atoms with Crippen molar-refractivity contribution in [3.63, 3.8) is 0 Å². The number of ether oxygens (including phenoxy) is 3. The molecule has 2 aromatic rings. The van der Waals surface area contributed by atoms with Gasteiger partial charge in [-0.05, 0) is 41.8 Å². The van der Waals surface area contributed by atoms with Crippen molar-refractivity contribution in [3.8, 4) is 11.8 Å². The van der Waals surface area contributed by atoms with E-state index < -0.39 is 5.97 Å². The molecule has 31 heavy (non-hydrogen) atoms. The molecule has 0 saturated carbocycles. The Balaban J connectivity index is 2.26. The predicted octanol–water partition coefficient (Wildman–Crippen LogP) is 4.32. The highest BCUT2D eigenvalue weighted by Gasteiger charge is 2.19. The molecule has 0 bridgehead atoms. The fraction of sp³-hybridized carbons (Fsp3) is 0.217. The van der Waals surface area contributed by atoms with E-state index in [9.17, 15) is 9.18 Å². The van der Waals surface area contributed by atoms with E-state index in [1.54, 1.807) is 24.3 Å². The van der Waals surface area contributed by atoms with Gasteiger partial charge in [0.2, 0.25) is 0 Å². The van der Waals surface area contributed by atoms with Crippen molar-refractivity contribution in [1.29, 1.82) is 0 Å². The summed E-state index contributed by atoms with van der Waals surface area (Å²) in [4.78, 5) is 17.7. The van der Waals surface area contributed by atoms with Gasteiger partial charge in [0.1, 0.15) is 18.0 Å². The molecule has 2 rings (SSSR count). The van der Waals surface area contributed by atoms with Gasteiger partial charge >= 0.3 is 5.97 Å². The average Bonchev–Trinajstić information content (AvgIpc) is 2.77. The van der Waals surface area contributed by atoms with Gasteiger partial charge in [-0.3, -0.25) is 0 Å². The molecule has 162 valence electrons. The number of methoxy groups -OCH3 is 3. The summed E-state index contributed by atoms with van der Waals surface area (Å²) in [6, 6.07) is 11.1. The summed E-state index contributed by atoms with van der Waals surface area (Å²) >= 11 is 3.47. The van der Waals surface area contributed by atoms with E-state index in [4.69, 9.17) is 19.0 Å². The SMILES string of the molecule is CO/C=C(/C(=O)OC)c1cccc(Br)c1CO/N=C(/C#Cc1ccc(F)cc1)COC. The highest BCUT2D eigenvalue weighted by Crippen LogP contribution is 2.28. The molecule has 0 aliphatic carbocycles. The maximum absolute atomic E-state index is 13.0. The Morgan fingerprint density at radius 1 is 1.16 bits per heavy atom. The van der Waals surface area contributed by atoms with Crippen molar-refractivity contribution < 1.29 is 28.2 Å². The van der Waals surface area contributed by atoms with E-state index in [1.165, 1.54) is 39.7 Å². The minimum atomic E-state index is -0.546. The molecule has 0 fully saturated rings. The maximum atomic E-state index is 13.0. The molecule has 0 N–H and O–H groups in total. The van der Waals surface area contributed by atoms with Crippen molar-refractivity contribution in [2.24, 2.45) is 5.16 Å². The smallest absolute Gasteiger partial charge is 0.341 e. The topological polar surface area (TPSA) is 66.4 Å². The van der Waals surface area contributed by atoms with Crippen LogP contribution in [0.15, 0.2) is 58.4 Å². The Kier molecular flexibility index (Phi) is 9.75. The summed E-state index contributed by atoms with van der Waals surface area (Å²) < 4.78 is 28.7. The number of halogens is 2. The molecule has 0 atom stereocenters. The number of carbonyl (C=O) groups excluding carboxylic acids is 1. The fourth-order valence-corrected chi connectivity index (χ4v) is 2.96. The number of hydrogen-bond donors (Lipinski definition) is 0. The number of nitrogens with zero attached hydrogens (tertiary/aromatic N) is 1. The molecule has 0 unspecified atom stereocenters. The van der Waals surface area contributed by atoms with E-state index >= 15 is 0 Å². The van der Waals surface area contributed by atoms with Crippen LogP contribution in [0, 0.1) is 17.7 Å². The first-order valence-corrected chi connectivity index (χ1v) is 9.83. The molecule has 0 spiro atoms. The zero-order chi connectivity index (χ0) is 22.6. The van der Waals surface area contributed by atoms with E-state index in [1.807, 2.05) is 6.07 Å². The number of esters is 1. The number of oxime groups is 1. The largest absolute Gasteiger partial charge is 0.503 e. The first kappa shape index (κ1) is 24.1. The highest BCUT2D eigenvalue weighted by atomic mass is 79.9. The van der Waals surface area contributed by atoms with Crippen LogP contribution in [0.2, 0.25) is 0 Å².